The summed E-state index contributed by atoms with van der Waals surface area (Å²) in [5, 5.41) is 11.7. The minimum Gasteiger partial charge on any atom is -0.497 e. The van der Waals surface area contributed by atoms with Crippen LogP contribution in [-0.2, 0) is 23.8 Å². The molecule has 1 aromatic heterocycles. The Morgan fingerprint density at radius 3 is 2.54 bits per heavy atom. The van der Waals surface area contributed by atoms with E-state index in [0.717, 1.165) is 55.2 Å². The summed E-state index contributed by atoms with van der Waals surface area (Å²) < 4.78 is 13.3. The lowest BCUT2D eigenvalue weighted by Gasteiger charge is -2.56. The van der Waals surface area contributed by atoms with Gasteiger partial charge in [0.15, 0.2) is 0 Å². The van der Waals surface area contributed by atoms with E-state index in [1.165, 1.54) is 16.5 Å². The highest BCUT2D eigenvalue weighted by molar-refractivity contribution is 5.90. The highest BCUT2D eigenvalue weighted by Gasteiger charge is 2.55. The van der Waals surface area contributed by atoms with Gasteiger partial charge in [-0.3, -0.25) is 9.69 Å². The van der Waals surface area contributed by atoms with Crippen molar-refractivity contribution < 1.29 is 19.4 Å². The Hall–Kier alpha value is -3.03. The molecule has 2 aliphatic heterocycles. The standard InChI is InChI=1S/C28H33N3O4/c1-29-22-12-20(34-2)10-11-21(22)25-26(29)23(14-32)31(27(33)18-8-9-18)17-28(25)15-30(16-28)13-19-6-4-5-7-24(19)35-3/h4-7,10-12,18,23,32H,8-9,13-17H2,1-3H3/t23-/m0/s1. The molecule has 1 saturated carbocycles. The Morgan fingerprint density at radius 2 is 1.86 bits per heavy atom. The van der Waals surface area contributed by atoms with E-state index in [2.05, 4.69) is 27.7 Å². The number of methoxy groups -OCH3 is 2. The van der Waals surface area contributed by atoms with Crippen molar-refractivity contribution in [3.8, 4) is 11.5 Å². The quantitative estimate of drug-likeness (QED) is 0.593. The van der Waals surface area contributed by atoms with Gasteiger partial charge in [-0.25, -0.2) is 0 Å². The topological polar surface area (TPSA) is 67.2 Å². The fraction of sp³-hybridized carbons (Fsp3) is 0.464. The fourth-order valence-corrected chi connectivity index (χ4v) is 6.41. The Balaban J connectivity index is 1.42. The van der Waals surface area contributed by atoms with E-state index in [1.54, 1.807) is 14.2 Å². The van der Waals surface area contributed by atoms with Crippen molar-refractivity contribution in [3.05, 3.63) is 59.3 Å². The third kappa shape index (κ3) is 3.44. The van der Waals surface area contributed by atoms with Crippen LogP contribution in [0.3, 0.4) is 0 Å². The molecule has 6 rings (SSSR count). The monoisotopic (exact) mass is 475 g/mol. The lowest BCUT2D eigenvalue weighted by molar-refractivity contribution is -0.140. The second kappa shape index (κ2) is 8.28. The number of aryl methyl sites for hydroxylation is 1. The molecular weight excluding hydrogens is 442 g/mol. The molecule has 1 N–H and O–H groups in total. The highest BCUT2D eigenvalue weighted by Crippen LogP contribution is 2.51. The zero-order chi connectivity index (χ0) is 24.3. The number of aliphatic hydroxyl groups is 1. The van der Waals surface area contributed by atoms with Crippen molar-refractivity contribution in [3.63, 3.8) is 0 Å². The van der Waals surface area contributed by atoms with Crippen LogP contribution in [0, 0.1) is 5.92 Å². The average molecular weight is 476 g/mol. The maximum atomic E-state index is 13.4. The van der Waals surface area contributed by atoms with Crippen LogP contribution in [0.2, 0.25) is 0 Å². The molecule has 0 radical (unpaired) electrons. The molecule has 0 bridgehead atoms. The molecule has 2 aromatic carbocycles. The zero-order valence-electron chi connectivity index (χ0n) is 20.7. The molecule has 1 atom stereocenters. The number of para-hydroxylation sites is 1. The first-order chi connectivity index (χ1) is 17.0. The van der Waals surface area contributed by atoms with Crippen molar-refractivity contribution in [1.29, 1.82) is 0 Å². The normalized spacial score (nSPS) is 21.1. The van der Waals surface area contributed by atoms with Gasteiger partial charge < -0.3 is 24.0 Å². The summed E-state index contributed by atoms with van der Waals surface area (Å²) >= 11 is 0. The third-order valence-electron chi connectivity index (χ3n) is 8.17. The number of carbonyl (C=O) groups is 1. The van der Waals surface area contributed by atoms with Crippen molar-refractivity contribution in [2.45, 2.75) is 30.8 Å². The first-order valence-electron chi connectivity index (χ1n) is 12.4. The largest absolute Gasteiger partial charge is 0.497 e. The molecule has 1 spiro atoms. The van der Waals surface area contributed by atoms with Gasteiger partial charge >= 0.3 is 0 Å². The van der Waals surface area contributed by atoms with Gasteiger partial charge in [-0.2, -0.15) is 0 Å². The molecule has 3 aliphatic rings. The second-order valence-electron chi connectivity index (χ2n) is 10.4. The van der Waals surface area contributed by atoms with Gasteiger partial charge in [0, 0.05) is 67.3 Å². The Labute approximate surface area is 205 Å². The smallest absolute Gasteiger partial charge is 0.226 e. The number of aliphatic hydroxyl groups excluding tert-OH is 1. The molecule has 2 fully saturated rings. The van der Waals surface area contributed by atoms with Gasteiger partial charge in [-0.15, -0.1) is 0 Å². The van der Waals surface area contributed by atoms with E-state index >= 15 is 0 Å². The zero-order valence-corrected chi connectivity index (χ0v) is 20.7. The number of nitrogens with zero attached hydrogens (tertiary/aromatic N) is 3. The van der Waals surface area contributed by atoms with Crippen LogP contribution < -0.4 is 9.47 Å². The Bertz CT molecular complexity index is 1290. The van der Waals surface area contributed by atoms with E-state index < -0.39 is 0 Å². The third-order valence-corrected chi connectivity index (χ3v) is 8.17. The number of carbonyl (C=O) groups excluding carboxylic acids is 1. The SMILES string of the molecule is COc1ccc2c3c(n(C)c2c1)[C@H](CO)N(C(=O)C1CC1)CC31CN(Cc2ccccc2OC)C1. The number of fused-ring (bicyclic) bond motifs is 4. The van der Waals surface area contributed by atoms with Crippen LogP contribution in [0.4, 0.5) is 0 Å². The molecule has 3 aromatic rings. The number of amides is 1. The van der Waals surface area contributed by atoms with Crippen molar-refractivity contribution in [1.82, 2.24) is 14.4 Å². The van der Waals surface area contributed by atoms with Crippen molar-refractivity contribution >= 4 is 16.8 Å². The van der Waals surface area contributed by atoms with Crippen LogP contribution >= 0.6 is 0 Å². The Kier molecular flexibility index (Phi) is 5.31. The summed E-state index contributed by atoms with van der Waals surface area (Å²) in [5.74, 6) is 2.02. The number of benzene rings is 2. The molecule has 7 nitrogen and oxygen atoms in total. The molecule has 35 heavy (non-hydrogen) atoms. The summed E-state index contributed by atoms with van der Waals surface area (Å²) in [6.07, 6.45) is 1.92. The number of hydrogen-bond donors (Lipinski definition) is 1. The minimum absolute atomic E-state index is 0.0756. The molecule has 184 valence electrons. The van der Waals surface area contributed by atoms with Crippen LogP contribution in [-0.4, -0.2) is 65.8 Å². The number of likely N-dealkylation sites (tertiary alicyclic amines) is 1. The second-order valence-corrected chi connectivity index (χ2v) is 10.4. The lowest BCUT2D eigenvalue weighted by atomic mass is 9.68. The van der Waals surface area contributed by atoms with Crippen LogP contribution in [0.5, 0.6) is 11.5 Å². The van der Waals surface area contributed by atoms with Gasteiger partial charge in [0.05, 0.1) is 32.4 Å². The van der Waals surface area contributed by atoms with Gasteiger partial charge in [0.1, 0.15) is 11.5 Å². The van der Waals surface area contributed by atoms with E-state index in [0.29, 0.717) is 6.54 Å². The van der Waals surface area contributed by atoms with Crippen molar-refractivity contribution in [2.24, 2.45) is 13.0 Å². The van der Waals surface area contributed by atoms with Gasteiger partial charge in [-0.05, 0) is 36.6 Å². The summed E-state index contributed by atoms with van der Waals surface area (Å²) in [7, 11) is 5.44. The molecule has 1 aliphatic carbocycles. The van der Waals surface area contributed by atoms with Gasteiger partial charge in [0.2, 0.25) is 5.91 Å². The minimum atomic E-state index is -0.324. The summed E-state index contributed by atoms with van der Waals surface area (Å²) in [6.45, 7) is 3.09. The molecule has 3 heterocycles. The van der Waals surface area contributed by atoms with E-state index in [9.17, 15) is 9.90 Å². The van der Waals surface area contributed by atoms with E-state index in [1.807, 2.05) is 36.2 Å². The summed E-state index contributed by atoms with van der Waals surface area (Å²) in [6, 6.07) is 14.1. The van der Waals surface area contributed by atoms with Crippen LogP contribution in [0.1, 0.15) is 35.7 Å². The summed E-state index contributed by atoms with van der Waals surface area (Å²) in [5.41, 5.74) is 4.43. The maximum absolute atomic E-state index is 13.4. The maximum Gasteiger partial charge on any atom is 0.226 e. The summed E-state index contributed by atoms with van der Waals surface area (Å²) in [4.78, 5) is 17.8. The number of ether oxygens (including phenoxy) is 2. The first-order valence-corrected chi connectivity index (χ1v) is 12.4. The van der Waals surface area contributed by atoms with E-state index in [-0.39, 0.29) is 29.9 Å². The highest BCUT2D eigenvalue weighted by atomic mass is 16.5. The Morgan fingerprint density at radius 1 is 1.09 bits per heavy atom. The molecule has 1 saturated heterocycles. The fourth-order valence-electron chi connectivity index (χ4n) is 6.41. The van der Waals surface area contributed by atoms with Gasteiger partial charge in [-0.1, -0.05) is 18.2 Å². The lowest BCUT2D eigenvalue weighted by Crippen LogP contribution is -2.66. The van der Waals surface area contributed by atoms with Crippen LogP contribution in [0.25, 0.3) is 10.9 Å². The predicted molar refractivity (Wildman–Crippen MR) is 134 cm³/mol. The van der Waals surface area contributed by atoms with E-state index in [4.69, 9.17) is 9.47 Å². The molecule has 1 amide bonds. The predicted octanol–water partition coefficient (Wildman–Crippen LogP) is 3.23. The van der Waals surface area contributed by atoms with Gasteiger partial charge in [0.25, 0.3) is 0 Å². The van der Waals surface area contributed by atoms with Crippen LogP contribution in [0.15, 0.2) is 42.5 Å². The first kappa shape index (κ1) is 22.4. The number of aromatic nitrogens is 1. The number of hydrogen-bond acceptors (Lipinski definition) is 5. The molecule has 7 heteroatoms. The number of rotatable bonds is 6. The van der Waals surface area contributed by atoms with Crippen molar-refractivity contribution in [2.75, 3.05) is 40.5 Å². The molecule has 0 unspecified atom stereocenters. The average Bonchev–Trinajstić information content (AvgIpc) is 3.67. The molecular formula is C28H33N3O4.